The molecule has 33 heavy (non-hydrogen) atoms. The molecule has 0 radical (unpaired) electrons. The van der Waals surface area contributed by atoms with E-state index >= 15 is 0 Å². The molecule has 2 aromatic rings. The third-order valence-electron chi connectivity index (χ3n) is 5.96. The van der Waals surface area contributed by atoms with Crippen LogP contribution in [0, 0.1) is 6.92 Å². The van der Waals surface area contributed by atoms with Crippen molar-refractivity contribution in [2.45, 2.75) is 50.7 Å². The van der Waals surface area contributed by atoms with Crippen molar-refractivity contribution >= 4 is 33.2 Å². The summed E-state index contributed by atoms with van der Waals surface area (Å²) in [4.78, 5) is 26.6. The number of anilines is 2. The van der Waals surface area contributed by atoms with E-state index in [0.717, 1.165) is 17.7 Å². The number of sulfonamides is 1. The van der Waals surface area contributed by atoms with Crippen molar-refractivity contribution in [3.8, 4) is 0 Å². The number of benzene rings is 2. The third-order valence-corrected chi connectivity index (χ3v) is 7.81. The summed E-state index contributed by atoms with van der Waals surface area (Å²) in [5, 5.41) is 2.84. The van der Waals surface area contributed by atoms with Gasteiger partial charge in [-0.1, -0.05) is 0 Å². The van der Waals surface area contributed by atoms with Gasteiger partial charge in [-0.25, -0.2) is 8.42 Å². The molecule has 2 heterocycles. The fraction of sp³-hybridized carbons (Fsp3) is 0.417. The van der Waals surface area contributed by atoms with Gasteiger partial charge in [-0.05, 0) is 75.2 Å². The van der Waals surface area contributed by atoms with Gasteiger partial charge in [0.05, 0.1) is 17.1 Å². The summed E-state index contributed by atoms with van der Waals surface area (Å²) in [6.45, 7) is 6.92. The Bertz CT molecular complexity index is 1150. The molecule has 2 amide bonds. The SMILES string of the molecule is Cc1cc(NC(=O)c2ccc(S(=O)(=O)N3CC(C)OC(C)C3)cc2)ccc1N1CCCC1=O. The lowest BCUT2D eigenvalue weighted by atomic mass is 10.1. The second kappa shape index (κ2) is 9.24. The molecule has 2 aliphatic rings. The van der Waals surface area contributed by atoms with Gasteiger partial charge in [0.1, 0.15) is 0 Å². The van der Waals surface area contributed by atoms with E-state index in [-0.39, 0.29) is 28.9 Å². The van der Waals surface area contributed by atoms with Crippen LogP contribution in [0.1, 0.15) is 42.6 Å². The summed E-state index contributed by atoms with van der Waals surface area (Å²) in [5.74, 6) is -0.220. The number of hydrogen-bond acceptors (Lipinski definition) is 5. The van der Waals surface area contributed by atoms with Crippen molar-refractivity contribution in [1.82, 2.24) is 4.31 Å². The molecule has 0 bridgehead atoms. The molecule has 0 aromatic heterocycles. The van der Waals surface area contributed by atoms with E-state index in [4.69, 9.17) is 4.74 Å². The van der Waals surface area contributed by atoms with Crippen LogP contribution in [0.5, 0.6) is 0 Å². The first kappa shape index (κ1) is 23.4. The van der Waals surface area contributed by atoms with Crippen LogP contribution >= 0.6 is 0 Å². The first-order chi connectivity index (χ1) is 15.6. The van der Waals surface area contributed by atoms with Gasteiger partial charge in [0, 0.05) is 43.0 Å². The van der Waals surface area contributed by atoms with Gasteiger partial charge in [0.15, 0.2) is 0 Å². The highest BCUT2D eigenvalue weighted by Gasteiger charge is 2.32. The molecule has 2 aliphatic heterocycles. The highest BCUT2D eigenvalue weighted by Crippen LogP contribution is 2.28. The Labute approximate surface area is 194 Å². The van der Waals surface area contributed by atoms with Gasteiger partial charge in [-0.2, -0.15) is 4.31 Å². The standard InChI is InChI=1S/C24H29N3O5S/c1-16-13-20(8-11-22(16)27-12-4-5-23(27)28)25-24(29)19-6-9-21(10-7-19)33(30,31)26-14-17(2)32-18(3)15-26/h6-11,13,17-18H,4-5,12,14-15H2,1-3H3,(H,25,29). The van der Waals surface area contributed by atoms with Gasteiger partial charge in [0.25, 0.3) is 5.91 Å². The van der Waals surface area contributed by atoms with Crippen LogP contribution < -0.4 is 10.2 Å². The summed E-state index contributed by atoms with van der Waals surface area (Å²) in [5.41, 5.74) is 2.73. The lowest BCUT2D eigenvalue weighted by molar-refractivity contribution is -0.117. The van der Waals surface area contributed by atoms with Gasteiger partial charge in [-0.3, -0.25) is 9.59 Å². The molecule has 4 rings (SSSR count). The largest absolute Gasteiger partial charge is 0.373 e. The molecule has 2 saturated heterocycles. The van der Waals surface area contributed by atoms with E-state index < -0.39 is 10.0 Å². The molecule has 0 saturated carbocycles. The zero-order chi connectivity index (χ0) is 23.8. The molecule has 9 heteroatoms. The number of morpholine rings is 1. The van der Waals surface area contributed by atoms with Crippen LogP contribution in [-0.4, -0.2) is 56.4 Å². The Morgan fingerprint density at radius 3 is 2.30 bits per heavy atom. The fourth-order valence-electron chi connectivity index (χ4n) is 4.40. The van der Waals surface area contributed by atoms with Crippen LogP contribution in [0.4, 0.5) is 11.4 Å². The van der Waals surface area contributed by atoms with E-state index in [1.54, 1.807) is 11.0 Å². The Morgan fingerprint density at radius 2 is 1.73 bits per heavy atom. The number of carbonyl (C=O) groups is 2. The maximum Gasteiger partial charge on any atom is 0.255 e. The minimum atomic E-state index is -3.66. The number of ether oxygens (including phenoxy) is 1. The van der Waals surface area contributed by atoms with E-state index in [2.05, 4.69) is 5.32 Å². The number of nitrogens with zero attached hydrogens (tertiary/aromatic N) is 2. The lowest BCUT2D eigenvalue weighted by Gasteiger charge is -2.34. The highest BCUT2D eigenvalue weighted by atomic mass is 32.2. The van der Waals surface area contributed by atoms with Gasteiger partial charge in [-0.15, -0.1) is 0 Å². The number of carbonyl (C=O) groups excluding carboxylic acids is 2. The Morgan fingerprint density at radius 1 is 1.06 bits per heavy atom. The van der Waals surface area contributed by atoms with Crippen LogP contribution in [0.3, 0.4) is 0 Å². The van der Waals surface area contributed by atoms with Gasteiger partial charge < -0.3 is 15.0 Å². The molecule has 8 nitrogen and oxygen atoms in total. The highest BCUT2D eigenvalue weighted by molar-refractivity contribution is 7.89. The zero-order valence-electron chi connectivity index (χ0n) is 19.1. The molecular formula is C24H29N3O5S. The predicted molar refractivity (Wildman–Crippen MR) is 126 cm³/mol. The first-order valence-corrected chi connectivity index (χ1v) is 12.6. The molecule has 1 N–H and O–H groups in total. The minimum Gasteiger partial charge on any atom is -0.373 e. The van der Waals surface area contributed by atoms with Crippen molar-refractivity contribution in [3.05, 3.63) is 53.6 Å². The summed E-state index contributed by atoms with van der Waals surface area (Å²) < 4.78 is 33.0. The second-order valence-electron chi connectivity index (χ2n) is 8.71. The van der Waals surface area contributed by atoms with Crippen LogP contribution in [0.25, 0.3) is 0 Å². The normalized spacial score (nSPS) is 21.9. The number of nitrogens with one attached hydrogen (secondary N) is 1. The van der Waals surface area contributed by atoms with Crippen molar-refractivity contribution < 1.29 is 22.7 Å². The molecular weight excluding hydrogens is 442 g/mol. The summed E-state index contributed by atoms with van der Waals surface area (Å²) in [6, 6.07) is 11.4. The average Bonchev–Trinajstić information content (AvgIpc) is 3.19. The van der Waals surface area contributed by atoms with Gasteiger partial charge in [0.2, 0.25) is 15.9 Å². The summed E-state index contributed by atoms with van der Waals surface area (Å²) in [6.07, 6.45) is 1.07. The van der Waals surface area contributed by atoms with Crippen LogP contribution in [0.15, 0.2) is 47.4 Å². The van der Waals surface area contributed by atoms with Crippen molar-refractivity contribution in [3.63, 3.8) is 0 Å². The lowest BCUT2D eigenvalue weighted by Crippen LogP contribution is -2.48. The molecule has 176 valence electrons. The van der Waals surface area contributed by atoms with Crippen LogP contribution in [-0.2, 0) is 19.6 Å². The Hall–Kier alpha value is -2.75. The number of rotatable bonds is 5. The third kappa shape index (κ3) is 4.95. The molecule has 2 atom stereocenters. The molecule has 0 aliphatic carbocycles. The van der Waals surface area contributed by atoms with Gasteiger partial charge >= 0.3 is 0 Å². The van der Waals surface area contributed by atoms with E-state index in [9.17, 15) is 18.0 Å². The van der Waals surface area contributed by atoms with Crippen molar-refractivity contribution in [2.24, 2.45) is 0 Å². The number of hydrogen-bond donors (Lipinski definition) is 1. The quantitative estimate of drug-likeness (QED) is 0.723. The second-order valence-corrected chi connectivity index (χ2v) is 10.6. The van der Waals surface area contributed by atoms with Crippen molar-refractivity contribution in [1.29, 1.82) is 0 Å². The minimum absolute atomic E-state index is 0.117. The maximum absolute atomic E-state index is 13.0. The molecule has 2 unspecified atom stereocenters. The van der Waals surface area contributed by atoms with Crippen molar-refractivity contribution in [2.75, 3.05) is 29.9 Å². The first-order valence-electron chi connectivity index (χ1n) is 11.1. The Kier molecular flexibility index (Phi) is 6.56. The van der Waals surface area contributed by atoms with E-state index in [0.29, 0.717) is 37.3 Å². The van der Waals surface area contributed by atoms with Crippen LogP contribution in [0.2, 0.25) is 0 Å². The zero-order valence-corrected chi connectivity index (χ0v) is 19.9. The van der Waals surface area contributed by atoms with E-state index in [1.807, 2.05) is 32.9 Å². The maximum atomic E-state index is 13.0. The number of aryl methyl sites for hydroxylation is 1. The topological polar surface area (TPSA) is 96.0 Å². The Balaban J connectivity index is 1.45. The molecule has 0 spiro atoms. The summed E-state index contributed by atoms with van der Waals surface area (Å²) >= 11 is 0. The fourth-order valence-corrected chi connectivity index (χ4v) is 5.99. The van der Waals surface area contributed by atoms with E-state index in [1.165, 1.54) is 28.6 Å². The summed E-state index contributed by atoms with van der Waals surface area (Å²) in [7, 11) is -3.66. The molecule has 2 aromatic carbocycles. The molecule has 2 fully saturated rings. The predicted octanol–water partition coefficient (Wildman–Crippen LogP) is 3.17. The number of amides is 2. The smallest absolute Gasteiger partial charge is 0.255 e. The monoisotopic (exact) mass is 471 g/mol. The average molecular weight is 472 g/mol.